The lowest BCUT2D eigenvalue weighted by Crippen LogP contribution is -2.50. The van der Waals surface area contributed by atoms with Gasteiger partial charge >= 0.3 is 0 Å². The van der Waals surface area contributed by atoms with Crippen molar-refractivity contribution in [1.82, 2.24) is 14.5 Å². The Hall–Kier alpha value is -0.700. The lowest BCUT2D eigenvalue weighted by atomic mass is 9.99. The van der Waals surface area contributed by atoms with E-state index in [9.17, 15) is 13.2 Å². The first-order valence-corrected chi connectivity index (χ1v) is 10.7. The van der Waals surface area contributed by atoms with Crippen LogP contribution in [0.1, 0.15) is 26.7 Å². The normalized spacial score (nSPS) is 27.3. The number of amides is 1. The first-order chi connectivity index (χ1) is 11.3. The van der Waals surface area contributed by atoms with Crippen molar-refractivity contribution >= 4 is 15.9 Å². The van der Waals surface area contributed by atoms with Crippen LogP contribution < -0.4 is 5.32 Å². The van der Waals surface area contributed by atoms with E-state index in [0.29, 0.717) is 25.6 Å². The molecule has 7 nitrogen and oxygen atoms in total. The third kappa shape index (κ3) is 5.98. The van der Waals surface area contributed by atoms with E-state index in [1.807, 2.05) is 0 Å². The van der Waals surface area contributed by atoms with E-state index >= 15 is 0 Å². The molecule has 2 heterocycles. The number of piperidine rings is 1. The smallest absolute Gasteiger partial charge is 0.224 e. The van der Waals surface area contributed by atoms with Gasteiger partial charge in [0.15, 0.2) is 0 Å². The average Bonchev–Trinajstić information content (AvgIpc) is 2.51. The molecule has 1 amide bonds. The van der Waals surface area contributed by atoms with Gasteiger partial charge in [0.25, 0.3) is 0 Å². The summed E-state index contributed by atoms with van der Waals surface area (Å²) in [4.78, 5) is 14.7. The second-order valence-corrected chi connectivity index (χ2v) is 9.33. The molecule has 140 valence electrons. The number of nitrogens with zero attached hydrogens (tertiary/aromatic N) is 2. The molecule has 0 bridgehead atoms. The molecule has 8 heteroatoms. The molecule has 2 atom stereocenters. The number of hydrogen-bond acceptors (Lipinski definition) is 5. The molecule has 0 spiro atoms. The number of carbonyl (C=O) groups excluding carboxylic acids is 1. The number of sulfonamides is 1. The molecule has 0 radical (unpaired) electrons. The Balaban J connectivity index is 1.78. The molecule has 1 N–H and O–H groups in total. The second-order valence-electron chi connectivity index (χ2n) is 7.35. The Kier molecular flexibility index (Phi) is 7.03. The minimum absolute atomic E-state index is 0.0102. The van der Waals surface area contributed by atoms with E-state index in [1.165, 1.54) is 10.6 Å². The number of nitrogens with one attached hydrogen (secondary N) is 1. The van der Waals surface area contributed by atoms with Gasteiger partial charge in [-0.05, 0) is 18.8 Å². The molecule has 24 heavy (non-hydrogen) atoms. The Morgan fingerprint density at radius 1 is 1.29 bits per heavy atom. The van der Waals surface area contributed by atoms with Crippen molar-refractivity contribution in [3.8, 4) is 0 Å². The van der Waals surface area contributed by atoms with Gasteiger partial charge in [0.1, 0.15) is 0 Å². The number of ether oxygens (including phenoxy) is 1. The summed E-state index contributed by atoms with van der Waals surface area (Å²) in [5.41, 5.74) is 0. The first kappa shape index (κ1) is 19.6. The topological polar surface area (TPSA) is 79.0 Å². The van der Waals surface area contributed by atoms with Gasteiger partial charge in [0.05, 0.1) is 24.9 Å². The van der Waals surface area contributed by atoms with Gasteiger partial charge in [-0.15, -0.1) is 0 Å². The predicted octanol–water partition coefficient (Wildman–Crippen LogP) is 0.131. The van der Waals surface area contributed by atoms with Gasteiger partial charge < -0.3 is 10.1 Å². The molecule has 2 rings (SSSR count). The van der Waals surface area contributed by atoms with Crippen molar-refractivity contribution in [3.63, 3.8) is 0 Å². The van der Waals surface area contributed by atoms with E-state index in [0.717, 1.165) is 32.5 Å². The van der Waals surface area contributed by atoms with Crippen molar-refractivity contribution in [3.05, 3.63) is 0 Å². The highest BCUT2D eigenvalue weighted by atomic mass is 32.2. The van der Waals surface area contributed by atoms with Crippen LogP contribution in [0.2, 0.25) is 0 Å². The highest BCUT2D eigenvalue weighted by Gasteiger charge is 2.30. The monoisotopic (exact) mass is 361 g/mol. The maximum atomic E-state index is 12.4. The Morgan fingerprint density at radius 3 is 2.71 bits per heavy atom. The zero-order valence-electron chi connectivity index (χ0n) is 15.0. The highest BCUT2D eigenvalue weighted by Crippen LogP contribution is 2.19. The third-order valence-corrected chi connectivity index (χ3v) is 5.84. The Bertz CT molecular complexity index is 523. The SMILES string of the molecule is CC(C)CN1CCOC(CNC(=O)C2CCCN(S(C)(=O)=O)C2)C1. The predicted molar refractivity (Wildman–Crippen MR) is 93.2 cm³/mol. The quantitative estimate of drug-likeness (QED) is 0.728. The van der Waals surface area contributed by atoms with Gasteiger partial charge in [-0.2, -0.15) is 0 Å². The minimum Gasteiger partial charge on any atom is -0.374 e. The maximum absolute atomic E-state index is 12.4. The zero-order chi connectivity index (χ0) is 17.7. The minimum atomic E-state index is -3.22. The largest absolute Gasteiger partial charge is 0.374 e. The number of morpholine rings is 1. The van der Waals surface area contributed by atoms with Crippen molar-refractivity contribution < 1.29 is 17.9 Å². The van der Waals surface area contributed by atoms with Crippen LogP contribution in [-0.2, 0) is 19.6 Å². The number of hydrogen-bond donors (Lipinski definition) is 1. The number of carbonyl (C=O) groups is 1. The van der Waals surface area contributed by atoms with Crippen molar-refractivity contribution in [2.75, 3.05) is 52.1 Å². The molecule has 2 unspecified atom stereocenters. The zero-order valence-corrected chi connectivity index (χ0v) is 15.8. The molecule has 0 aromatic rings. The molecule has 2 aliphatic heterocycles. The van der Waals surface area contributed by atoms with Crippen LogP contribution >= 0.6 is 0 Å². The summed E-state index contributed by atoms with van der Waals surface area (Å²) in [6, 6.07) is 0. The van der Waals surface area contributed by atoms with Gasteiger partial charge in [0, 0.05) is 39.3 Å². The van der Waals surface area contributed by atoms with E-state index in [4.69, 9.17) is 4.74 Å². The van der Waals surface area contributed by atoms with Crippen LogP contribution in [-0.4, -0.2) is 81.8 Å². The van der Waals surface area contributed by atoms with Crippen LogP contribution in [0.25, 0.3) is 0 Å². The second kappa shape index (κ2) is 8.60. The molecular weight excluding hydrogens is 330 g/mol. The fraction of sp³-hybridized carbons (Fsp3) is 0.938. The fourth-order valence-electron chi connectivity index (χ4n) is 3.40. The average molecular weight is 362 g/mol. The molecule has 0 aromatic carbocycles. The molecule has 2 saturated heterocycles. The molecule has 2 aliphatic rings. The van der Waals surface area contributed by atoms with Crippen LogP contribution in [0.5, 0.6) is 0 Å². The summed E-state index contributed by atoms with van der Waals surface area (Å²) < 4.78 is 30.5. The Labute approximate surface area is 145 Å². The van der Waals surface area contributed by atoms with Crippen molar-refractivity contribution in [2.45, 2.75) is 32.8 Å². The third-order valence-electron chi connectivity index (χ3n) is 4.57. The maximum Gasteiger partial charge on any atom is 0.224 e. The summed E-state index contributed by atoms with van der Waals surface area (Å²) >= 11 is 0. The molecule has 0 aliphatic carbocycles. The lowest BCUT2D eigenvalue weighted by molar-refractivity contribution is -0.127. The van der Waals surface area contributed by atoms with Crippen LogP contribution in [0.15, 0.2) is 0 Å². The highest BCUT2D eigenvalue weighted by molar-refractivity contribution is 7.88. The molecule has 2 fully saturated rings. The van der Waals surface area contributed by atoms with Crippen LogP contribution in [0.3, 0.4) is 0 Å². The van der Waals surface area contributed by atoms with Gasteiger partial charge in [0.2, 0.25) is 15.9 Å². The van der Waals surface area contributed by atoms with Crippen molar-refractivity contribution in [2.24, 2.45) is 11.8 Å². The van der Waals surface area contributed by atoms with Gasteiger partial charge in [-0.1, -0.05) is 13.8 Å². The van der Waals surface area contributed by atoms with Crippen molar-refractivity contribution in [1.29, 1.82) is 0 Å². The summed E-state index contributed by atoms with van der Waals surface area (Å²) in [6.07, 6.45) is 2.68. The van der Waals surface area contributed by atoms with E-state index in [2.05, 4.69) is 24.1 Å². The van der Waals surface area contributed by atoms with E-state index in [1.54, 1.807) is 0 Å². The van der Waals surface area contributed by atoms with Crippen LogP contribution in [0.4, 0.5) is 0 Å². The summed E-state index contributed by atoms with van der Waals surface area (Å²) in [5, 5.41) is 2.96. The summed E-state index contributed by atoms with van der Waals surface area (Å²) in [5.74, 6) is 0.291. The Morgan fingerprint density at radius 2 is 2.04 bits per heavy atom. The fourth-order valence-corrected chi connectivity index (χ4v) is 4.31. The lowest BCUT2D eigenvalue weighted by Gasteiger charge is -2.34. The van der Waals surface area contributed by atoms with E-state index < -0.39 is 10.0 Å². The molecule has 0 aromatic heterocycles. The van der Waals surface area contributed by atoms with E-state index in [-0.39, 0.29) is 24.5 Å². The summed E-state index contributed by atoms with van der Waals surface area (Å²) in [6.45, 7) is 9.19. The first-order valence-electron chi connectivity index (χ1n) is 8.82. The molecule has 0 saturated carbocycles. The number of rotatable bonds is 6. The summed E-state index contributed by atoms with van der Waals surface area (Å²) in [7, 11) is -3.22. The van der Waals surface area contributed by atoms with Gasteiger partial charge in [-0.3, -0.25) is 9.69 Å². The van der Waals surface area contributed by atoms with Crippen LogP contribution in [0, 0.1) is 11.8 Å². The standard InChI is InChI=1S/C16H31N3O4S/c1-13(2)10-18-7-8-23-15(12-18)9-17-16(20)14-5-4-6-19(11-14)24(3,21)22/h13-15H,4-12H2,1-3H3,(H,17,20). The van der Waals surface area contributed by atoms with Gasteiger partial charge in [-0.25, -0.2) is 12.7 Å². The molecular formula is C16H31N3O4S.